The molecule has 0 spiro atoms. The standard InChI is InChI=1S/C33H41NO8/c1-31-15-12-22(35)18-21(31)8-9-23-24(31)13-16-32(2)25(23)14-17-33(32,41)26(36)19-42-28(38)11-10-27(37)34-29(30(39)40)20-6-4-3-5-7-20/h3-7,18,23-25,29,41H,8-17,19H2,1-2H3,(H,34,37)(H,39,40)/t23-,24+,25-,29-,31-,32-,33-/m0/s1. The Morgan fingerprint density at radius 2 is 1.69 bits per heavy atom. The average molecular weight is 580 g/mol. The molecular formula is C33H41NO8. The van der Waals surface area contributed by atoms with Gasteiger partial charge in [0.2, 0.25) is 11.7 Å². The Bertz CT molecular complexity index is 1310. The van der Waals surface area contributed by atoms with Crippen LogP contribution in [0.15, 0.2) is 42.0 Å². The molecule has 0 bridgehead atoms. The van der Waals surface area contributed by atoms with Crippen LogP contribution in [0.4, 0.5) is 0 Å². The third kappa shape index (κ3) is 5.21. The van der Waals surface area contributed by atoms with Gasteiger partial charge in [0.1, 0.15) is 5.60 Å². The number of allylic oxidation sites excluding steroid dienone is 1. The number of amides is 1. The van der Waals surface area contributed by atoms with Gasteiger partial charge in [-0.05, 0) is 79.8 Å². The van der Waals surface area contributed by atoms with Gasteiger partial charge in [0.05, 0.1) is 6.42 Å². The molecule has 5 rings (SSSR count). The fourth-order valence-electron chi connectivity index (χ4n) is 8.75. The van der Waals surface area contributed by atoms with Crippen LogP contribution >= 0.6 is 0 Å². The van der Waals surface area contributed by atoms with Gasteiger partial charge in [-0.1, -0.05) is 49.8 Å². The van der Waals surface area contributed by atoms with Gasteiger partial charge in [-0.3, -0.25) is 19.2 Å². The van der Waals surface area contributed by atoms with Crippen molar-refractivity contribution in [2.45, 2.75) is 89.7 Å². The lowest BCUT2D eigenvalue weighted by molar-refractivity contribution is -0.170. The lowest BCUT2D eigenvalue weighted by Gasteiger charge is -2.58. The number of benzene rings is 1. The molecule has 0 unspecified atom stereocenters. The second-order valence-corrected chi connectivity index (χ2v) is 13.2. The van der Waals surface area contributed by atoms with Crippen molar-refractivity contribution in [3.8, 4) is 0 Å². The van der Waals surface area contributed by atoms with Crippen LogP contribution in [0.2, 0.25) is 0 Å². The molecule has 4 aliphatic carbocycles. The van der Waals surface area contributed by atoms with Gasteiger partial charge in [0.25, 0.3) is 0 Å². The van der Waals surface area contributed by atoms with Crippen molar-refractivity contribution in [3.05, 3.63) is 47.5 Å². The first-order chi connectivity index (χ1) is 19.9. The number of esters is 1. The van der Waals surface area contributed by atoms with Crippen molar-refractivity contribution >= 4 is 29.4 Å². The molecular weight excluding hydrogens is 538 g/mol. The molecule has 42 heavy (non-hydrogen) atoms. The van der Waals surface area contributed by atoms with Gasteiger partial charge >= 0.3 is 11.9 Å². The lowest BCUT2D eigenvalue weighted by atomic mass is 9.46. The highest BCUT2D eigenvalue weighted by Gasteiger charge is 2.66. The van der Waals surface area contributed by atoms with Crippen LogP contribution in [0.1, 0.15) is 89.7 Å². The minimum Gasteiger partial charge on any atom is -0.479 e. The van der Waals surface area contributed by atoms with E-state index in [1.165, 1.54) is 5.57 Å². The molecule has 9 nitrogen and oxygen atoms in total. The van der Waals surface area contributed by atoms with Gasteiger partial charge in [-0.15, -0.1) is 0 Å². The van der Waals surface area contributed by atoms with Crippen molar-refractivity contribution in [3.63, 3.8) is 0 Å². The first kappa shape index (κ1) is 30.1. The highest BCUT2D eigenvalue weighted by Crippen LogP contribution is 2.67. The summed E-state index contributed by atoms with van der Waals surface area (Å²) < 4.78 is 5.21. The molecule has 0 heterocycles. The average Bonchev–Trinajstić information content (AvgIpc) is 3.25. The van der Waals surface area contributed by atoms with Crippen molar-refractivity contribution in [1.82, 2.24) is 5.32 Å². The maximum Gasteiger partial charge on any atom is 0.330 e. The Hall–Kier alpha value is -3.33. The zero-order valence-electron chi connectivity index (χ0n) is 24.4. The van der Waals surface area contributed by atoms with Crippen molar-refractivity contribution in [1.29, 1.82) is 0 Å². The molecule has 7 atom stereocenters. The summed E-state index contributed by atoms with van der Waals surface area (Å²) in [6, 6.07) is 7.00. The summed E-state index contributed by atoms with van der Waals surface area (Å²) in [7, 11) is 0. The molecule has 3 N–H and O–H groups in total. The van der Waals surface area contributed by atoms with Crippen LogP contribution < -0.4 is 5.32 Å². The molecule has 226 valence electrons. The number of carbonyl (C=O) groups is 5. The molecule has 4 aliphatic rings. The quantitative estimate of drug-likeness (QED) is 0.371. The predicted molar refractivity (Wildman–Crippen MR) is 152 cm³/mol. The van der Waals surface area contributed by atoms with E-state index < -0.39 is 47.3 Å². The van der Waals surface area contributed by atoms with Gasteiger partial charge in [-0.25, -0.2) is 4.79 Å². The Morgan fingerprint density at radius 3 is 2.40 bits per heavy atom. The van der Waals surface area contributed by atoms with E-state index in [0.29, 0.717) is 36.7 Å². The molecule has 0 radical (unpaired) electrons. The number of ketones is 2. The van der Waals surface area contributed by atoms with Gasteiger partial charge < -0.3 is 20.3 Å². The third-order valence-electron chi connectivity index (χ3n) is 11.2. The molecule has 1 amide bonds. The first-order valence-corrected chi connectivity index (χ1v) is 15.1. The zero-order chi connectivity index (χ0) is 30.3. The molecule has 1 aromatic carbocycles. The van der Waals surface area contributed by atoms with Gasteiger partial charge in [0.15, 0.2) is 18.4 Å². The Labute approximate surface area is 246 Å². The zero-order valence-corrected chi connectivity index (χ0v) is 24.4. The maximum atomic E-state index is 13.4. The van der Waals surface area contributed by atoms with Crippen molar-refractivity contribution in [2.24, 2.45) is 28.6 Å². The fraction of sp³-hybridized carbons (Fsp3) is 0.606. The fourth-order valence-corrected chi connectivity index (χ4v) is 8.75. The van der Waals surface area contributed by atoms with E-state index in [1.807, 2.05) is 13.0 Å². The summed E-state index contributed by atoms with van der Waals surface area (Å²) in [5.74, 6) is -1.94. The van der Waals surface area contributed by atoms with Crippen LogP contribution in [0.5, 0.6) is 0 Å². The summed E-state index contributed by atoms with van der Waals surface area (Å²) in [6.45, 7) is 3.73. The number of aliphatic carboxylic acids is 1. The molecule has 3 fully saturated rings. The summed E-state index contributed by atoms with van der Waals surface area (Å²) in [6.07, 6.45) is 7.15. The molecule has 3 saturated carbocycles. The highest BCUT2D eigenvalue weighted by molar-refractivity contribution is 5.92. The summed E-state index contributed by atoms with van der Waals surface area (Å²) in [4.78, 5) is 61.9. The number of hydrogen-bond donors (Lipinski definition) is 3. The monoisotopic (exact) mass is 579 g/mol. The first-order valence-electron chi connectivity index (χ1n) is 15.1. The summed E-state index contributed by atoms with van der Waals surface area (Å²) >= 11 is 0. The Morgan fingerprint density at radius 1 is 0.976 bits per heavy atom. The molecule has 0 aliphatic heterocycles. The summed E-state index contributed by atoms with van der Waals surface area (Å²) in [5, 5.41) is 23.7. The number of Topliss-reactive ketones (excluding diaryl/α,β-unsaturated/α-hetero) is 1. The van der Waals surface area contributed by atoms with E-state index in [2.05, 4.69) is 12.2 Å². The molecule has 0 saturated heterocycles. The number of hydrogen-bond acceptors (Lipinski definition) is 7. The smallest absolute Gasteiger partial charge is 0.330 e. The highest BCUT2D eigenvalue weighted by atomic mass is 16.5. The SMILES string of the molecule is C[C@]12CCC(=O)C=C1CC[C@H]1[C@H]2CC[C@@]2(C)[C@H]1CC[C@]2(O)C(=O)COC(=O)CCC(=O)N[C@H](C(=O)O)c1ccccc1. The van der Waals surface area contributed by atoms with E-state index in [4.69, 9.17) is 4.74 Å². The maximum absolute atomic E-state index is 13.4. The molecule has 1 aromatic rings. The van der Waals surface area contributed by atoms with Crippen LogP contribution in [-0.4, -0.2) is 51.8 Å². The largest absolute Gasteiger partial charge is 0.479 e. The van der Waals surface area contributed by atoms with Crippen LogP contribution in [-0.2, 0) is 28.7 Å². The van der Waals surface area contributed by atoms with E-state index in [0.717, 1.165) is 32.1 Å². The number of rotatable bonds is 9. The molecule has 9 heteroatoms. The summed E-state index contributed by atoms with van der Waals surface area (Å²) in [5.41, 5.74) is -0.541. The Balaban J connectivity index is 1.16. The normalized spacial score (nSPS) is 34.2. The van der Waals surface area contributed by atoms with Crippen LogP contribution in [0, 0.1) is 28.6 Å². The number of carboxylic acid groups (broad SMARTS) is 1. The van der Waals surface area contributed by atoms with Crippen LogP contribution in [0.25, 0.3) is 0 Å². The van der Waals surface area contributed by atoms with Crippen LogP contribution in [0.3, 0.4) is 0 Å². The number of aliphatic hydroxyl groups is 1. The molecule has 0 aromatic heterocycles. The van der Waals surface area contributed by atoms with Gasteiger partial charge in [-0.2, -0.15) is 0 Å². The van der Waals surface area contributed by atoms with Gasteiger partial charge in [0, 0.05) is 18.3 Å². The van der Waals surface area contributed by atoms with E-state index in [1.54, 1.807) is 30.3 Å². The van der Waals surface area contributed by atoms with Crippen molar-refractivity contribution in [2.75, 3.05) is 6.61 Å². The topological polar surface area (TPSA) is 147 Å². The van der Waals surface area contributed by atoms with Crippen molar-refractivity contribution < 1.29 is 38.9 Å². The minimum absolute atomic E-state index is 0.00370. The number of fused-ring (bicyclic) bond motifs is 5. The number of nitrogens with one attached hydrogen (secondary N) is 1. The van der Waals surface area contributed by atoms with E-state index in [9.17, 15) is 34.2 Å². The Kier molecular flexibility index (Phi) is 8.18. The number of carbonyl (C=O) groups excluding carboxylic acids is 4. The van der Waals surface area contributed by atoms with E-state index in [-0.39, 0.29) is 30.0 Å². The number of ether oxygens (including phenoxy) is 1. The van der Waals surface area contributed by atoms with E-state index >= 15 is 0 Å². The minimum atomic E-state index is -1.59. The lowest BCUT2D eigenvalue weighted by Crippen LogP contribution is -2.58. The third-order valence-corrected chi connectivity index (χ3v) is 11.2. The number of carboxylic acids is 1. The second kappa shape index (κ2) is 11.4. The predicted octanol–water partition coefficient (Wildman–Crippen LogP) is 4.08. The second-order valence-electron chi connectivity index (χ2n) is 13.2.